The van der Waals surface area contributed by atoms with Crippen molar-refractivity contribution < 1.29 is 27.6 Å². The molecule has 0 saturated carbocycles. The Balaban J connectivity index is 1.30. The monoisotopic (exact) mass is 774 g/mol. The molecule has 8 nitrogen and oxygen atoms in total. The molecule has 0 unspecified atom stereocenters. The van der Waals surface area contributed by atoms with Crippen LogP contribution in [0.5, 0.6) is 11.5 Å². The maximum absolute atomic E-state index is 11.7. The van der Waals surface area contributed by atoms with Crippen LogP contribution in [0, 0.1) is 0 Å². The topological polar surface area (TPSA) is 110 Å². The molecule has 0 bridgehead atoms. The average Bonchev–Trinajstić information content (AvgIpc) is 3.60. The predicted octanol–water partition coefficient (Wildman–Crippen LogP) is 7.95. The molecule has 286 valence electrons. The fourth-order valence-electron chi connectivity index (χ4n) is 9.98. The van der Waals surface area contributed by atoms with Gasteiger partial charge in [0, 0.05) is 51.6 Å². The van der Waals surface area contributed by atoms with E-state index in [2.05, 4.69) is 110 Å². The first-order valence-corrected chi connectivity index (χ1v) is 21.1. The van der Waals surface area contributed by atoms with Crippen molar-refractivity contribution in [1.29, 1.82) is 0 Å². The van der Waals surface area contributed by atoms with E-state index < -0.39 is 21.8 Å². The Morgan fingerprint density at radius 3 is 2.00 bits per heavy atom. The van der Waals surface area contributed by atoms with E-state index in [4.69, 9.17) is 4.74 Å². The standard InChI is InChI=1S/C48H42N2O6S/c1-47(2)26-49(18-9-19-57(53,54)55)42-36-22-32-12-7-5-10-30(32)20-34(36)38-24-39-35-21-31-11-6-8-13-33(31)23-37(35)43-41(45(39)56-44(38)40(42)47)48(3,4)27-50(43)25-28-14-16-29(17-15-28)46(51)52/h5-8,10-17,20-24H,9,18-19,25-27H2,1-4H3,(H-,51,52,53,54,55). The highest BCUT2D eigenvalue weighted by molar-refractivity contribution is 7.85. The molecule has 57 heavy (non-hydrogen) atoms. The number of nitrogens with zero attached hydrogens (tertiary/aromatic N) is 2. The molecule has 7 aromatic carbocycles. The highest BCUT2D eigenvalue weighted by atomic mass is 32.2. The van der Waals surface area contributed by atoms with Crippen molar-refractivity contribution in [3.05, 3.63) is 135 Å². The molecule has 0 fully saturated rings. The molecule has 3 aliphatic rings. The zero-order chi connectivity index (χ0) is 39.6. The minimum absolute atomic E-state index is 0.236. The molecule has 10 rings (SSSR count). The summed E-state index contributed by atoms with van der Waals surface area (Å²) >= 11 is 0. The Morgan fingerprint density at radius 2 is 1.39 bits per heavy atom. The summed E-state index contributed by atoms with van der Waals surface area (Å²) in [4.78, 5) is 13.9. The number of benzene rings is 7. The third-order valence-electron chi connectivity index (χ3n) is 12.3. The normalized spacial score (nSPS) is 16.4. The summed E-state index contributed by atoms with van der Waals surface area (Å²) in [7, 11) is -4.35. The van der Waals surface area contributed by atoms with Crippen molar-refractivity contribution in [2.45, 2.75) is 51.5 Å². The Morgan fingerprint density at radius 1 is 0.789 bits per heavy atom. The molecule has 0 spiro atoms. The molecule has 0 radical (unpaired) electrons. The number of carboxylic acids is 1. The van der Waals surface area contributed by atoms with Gasteiger partial charge in [-0.1, -0.05) is 74.5 Å². The van der Waals surface area contributed by atoms with Crippen LogP contribution in [0.15, 0.2) is 97.1 Å². The quantitative estimate of drug-likeness (QED) is 0.0995. The number of hydrogen-bond acceptors (Lipinski definition) is 6. The maximum atomic E-state index is 11.7. The molecular formula is C48H42N2O6S. The van der Waals surface area contributed by atoms with E-state index in [1.54, 1.807) is 12.1 Å². The van der Waals surface area contributed by atoms with Crippen LogP contribution in [0.25, 0.3) is 49.2 Å². The molecular weight excluding hydrogens is 733 g/mol. The third kappa shape index (κ3) is 5.70. The molecule has 0 amide bonds. The van der Waals surface area contributed by atoms with E-state index in [0.29, 0.717) is 19.6 Å². The lowest BCUT2D eigenvalue weighted by molar-refractivity contribution is 0.0696. The predicted molar refractivity (Wildman–Crippen MR) is 226 cm³/mol. The fourth-order valence-corrected chi connectivity index (χ4v) is 10.5. The summed E-state index contributed by atoms with van der Waals surface area (Å²) in [6.07, 6.45) is 2.58. The van der Waals surface area contributed by atoms with Crippen molar-refractivity contribution >= 4 is 70.9 Å². The molecule has 7 aromatic rings. The number of aromatic carboxylic acids is 1. The number of ether oxygens (including phenoxy) is 1. The van der Waals surface area contributed by atoms with E-state index in [9.17, 15) is 22.9 Å². The van der Waals surface area contributed by atoms with Gasteiger partial charge in [0.15, 0.2) is 13.1 Å². The van der Waals surface area contributed by atoms with Gasteiger partial charge in [0.25, 0.3) is 0 Å². The van der Waals surface area contributed by atoms with Gasteiger partial charge in [-0.2, -0.15) is 0 Å². The summed E-state index contributed by atoms with van der Waals surface area (Å²) in [5.41, 5.74) is 4.91. The van der Waals surface area contributed by atoms with Gasteiger partial charge in [-0.3, -0.25) is 0 Å². The number of rotatable bonds is 7. The van der Waals surface area contributed by atoms with Crippen LogP contribution in [0.4, 0.5) is 5.69 Å². The maximum Gasteiger partial charge on any atom is 0.335 e. The van der Waals surface area contributed by atoms with Crippen LogP contribution >= 0.6 is 0 Å². The Kier molecular flexibility index (Phi) is 7.73. The first-order valence-electron chi connectivity index (χ1n) is 19.5. The van der Waals surface area contributed by atoms with Crippen LogP contribution in [-0.4, -0.2) is 49.4 Å². The minimum atomic E-state index is -4.35. The summed E-state index contributed by atoms with van der Waals surface area (Å²) in [5, 5.41) is 20.7. The number of carbonyl (C=O) groups is 1. The van der Waals surface area contributed by atoms with Crippen LogP contribution in [-0.2, 0) is 27.5 Å². The first-order chi connectivity index (χ1) is 27.2. The molecule has 0 aromatic heterocycles. The minimum Gasteiger partial charge on any atom is -0.748 e. The van der Waals surface area contributed by atoms with Crippen molar-refractivity contribution in [3.8, 4) is 11.5 Å². The third-order valence-corrected chi connectivity index (χ3v) is 13.1. The largest absolute Gasteiger partial charge is 0.748 e. The van der Waals surface area contributed by atoms with Crippen LogP contribution in [0.1, 0.15) is 66.7 Å². The van der Waals surface area contributed by atoms with Gasteiger partial charge in [-0.25, -0.2) is 17.8 Å². The molecule has 0 aliphatic carbocycles. The highest BCUT2D eigenvalue weighted by Gasteiger charge is 2.45. The number of carboxylic acid groups (broad SMARTS) is 1. The zero-order valence-electron chi connectivity index (χ0n) is 32.3. The second-order valence-electron chi connectivity index (χ2n) is 17.3. The lowest BCUT2D eigenvalue weighted by Gasteiger charge is -2.28. The van der Waals surface area contributed by atoms with Gasteiger partial charge in [-0.15, -0.1) is 0 Å². The Bertz CT molecular complexity index is 3170. The number of anilines is 1. The van der Waals surface area contributed by atoms with Crippen molar-refractivity contribution in [3.63, 3.8) is 0 Å². The first kappa shape index (κ1) is 35.6. The molecule has 9 heteroatoms. The fraction of sp³-hybridized carbons (Fsp3) is 0.250. The Labute approximate surface area is 330 Å². The summed E-state index contributed by atoms with van der Waals surface area (Å²) in [5.74, 6) is 0.320. The number of fused-ring (bicyclic) bond motifs is 14. The van der Waals surface area contributed by atoms with Crippen LogP contribution in [0.2, 0.25) is 0 Å². The van der Waals surface area contributed by atoms with Crippen LogP contribution in [0.3, 0.4) is 0 Å². The lowest BCUT2D eigenvalue weighted by atomic mass is 9.80. The van der Waals surface area contributed by atoms with E-state index >= 15 is 0 Å². The smallest absolute Gasteiger partial charge is 0.335 e. The van der Waals surface area contributed by atoms with Crippen LogP contribution < -0.4 is 24.8 Å². The lowest BCUT2D eigenvalue weighted by Crippen LogP contribution is -2.30. The van der Waals surface area contributed by atoms with Gasteiger partial charge in [-0.05, 0) is 95.1 Å². The van der Waals surface area contributed by atoms with E-state index in [0.717, 1.165) is 99.7 Å². The second kappa shape index (κ2) is 12.4. The van der Waals surface area contributed by atoms with Gasteiger partial charge in [0.2, 0.25) is 5.36 Å². The molecule has 0 atom stereocenters. The Hall–Kier alpha value is -5.77. The van der Waals surface area contributed by atoms with E-state index in [1.165, 1.54) is 0 Å². The van der Waals surface area contributed by atoms with Crippen molar-refractivity contribution in [1.82, 2.24) is 4.58 Å². The summed E-state index contributed by atoms with van der Waals surface area (Å²) in [6.45, 7) is 11.4. The van der Waals surface area contributed by atoms with Gasteiger partial charge in [0.1, 0.15) is 11.5 Å². The molecule has 0 saturated heterocycles. The second-order valence-corrected chi connectivity index (χ2v) is 18.9. The summed E-state index contributed by atoms with van der Waals surface area (Å²) in [6, 6.07) is 33.1. The summed E-state index contributed by atoms with van der Waals surface area (Å²) < 4.78 is 45.0. The van der Waals surface area contributed by atoms with Gasteiger partial charge < -0.3 is 19.3 Å². The van der Waals surface area contributed by atoms with Crippen molar-refractivity contribution in [2.24, 2.45) is 0 Å². The van der Waals surface area contributed by atoms with E-state index in [1.807, 2.05) is 18.2 Å². The zero-order valence-corrected chi connectivity index (χ0v) is 33.2. The van der Waals surface area contributed by atoms with Gasteiger partial charge in [0.05, 0.1) is 37.7 Å². The highest BCUT2D eigenvalue weighted by Crippen LogP contribution is 2.55. The molecule has 1 N–H and O–H groups in total. The van der Waals surface area contributed by atoms with Crippen molar-refractivity contribution in [2.75, 3.05) is 30.3 Å². The average molecular weight is 775 g/mol. The van der Waals surface area contributed by atoms with Gasteiger partial charge >= 0.3 is 5.97 Å². The SMILES string of the molecule is CC1(C)CN(CCCS(=O)(=O)[O-])c2c1c1c(c3cc4ccccc4cc23)C=c2c(c3c(c4cc5ccccc5cc24)=[N+](Cc2ccc(C(=O)O)cc2)CC3(C)C)O1. The number of hydrogen-bond donors (Lipinski definition) is 1. The molecule has 3 heterocycles. The van der Waals surface area contributed by atoms with E-state index in [-0.39, 0.29) is 22.8 Å². The molecule has 3 aliphatic heterocycles.